The van der Waals surface area contributed by atoms with Crippen molar-refractivity contribution in [2.45, 2.75) is 32.6 Å². The molecule has 23 heavy (non-hydrogen) atoms. The molecule has 1 fully saturated rings. The third-order valence-corrected chi connectivity index (χ3v) is 5.56. The number of aromatic amines is 1. The minimum Gasteiger partial charge on any atom is -0.465 e. The van der Waals surface area contributed by atoms with Gasteiger partial charge in [-0.25, -0.2) is 0 Å². The maximum absolute atomic E-state index is 12.6. The summed E-state index contributed by atoms with van der Waals surface area (Å²) >= 11 is 3.55. The number of ether oxygens (including phenoxy) is 1. The van der Waals surface area contributed by atoms with Gasteiger partial charge in [-0.2, -0.15) is 0 Å². The molecule has 0 atom stereocenters. The summed E-state index contributed by atoms with van der Waals surface area (Å²) in [7, 11) is 0. The lowest BCUT2D eigenvalue weighted by Gasteiger charge is -2.41. The molecule has 0 radical (unpaired) electrons. The summed E-state index contributed by atoms with van der Waals surface area (Å²) in [5.74, 6) is -0.113. The number of H-pyrrole nitrogens is 1. The number of carbonyl (C=O) groups is 1. The van der Waals surface area contributed by atoms with E-state index in [1.165, 1.54) is 10.9 Å². The standard InChI is InChI=1S/C18H19BrN2O2/c1-2-23-17(22)18(7-3-8-18)16-15-12(6-9-20-16)13-10-11(19)4-5-14(13)21-15/h4-5,10,21H,2-3,6-9H2,1H3. The third-order valence-electron chi connectivity index (χ3n) is 5.06. The van der Waals surface area contributed by atoms with Crippen LogP contribution in [0.2, 0.25) is 0 Å². The van der Waals surface area contributed by atoms with Crippen LogP contribution < -0.4 is 0 Å². The number of nitrogens with one attached hydrogen (secondary N) is 1. The van der Waals surface area contributed by atoms with Gasteiger partial charge in [-0.1, -0.05) is 22.4 Å². The number of fused-ring (bicyclic) bond motifs is 3. The van der Waals surface area contributed by atoms with Crippen molar-refractivity contribution in [3.63, 3.8) is 0 Å². The van der Waals surface area contributed by atoms with Crippen LogP contribution in [0.1, 0.15) is 37.4 Å². The van der Waals surface area contributed by atoms with Crippen molar-refractivity contribution >= 4 is 38.5 Å². The second kappa shape index (κ2) is 5.48. The second-order valence-corrected chi connectivity index (χ2v) is 7.22. The van der Waals surface area contributed by atoms with Gasteiger partial charge in [0, 0.05) is 21.9 Å². The molecule has 1 aromatic heterocycles. The maximum Gasteiger partial charge on any atom is 0.318 e. The molecule has 2 heterocycles. The molecule has 0 saturated heterocycles. The van der Waals surface area contributed by atoms with Gasteiger partial charge < -0.3 is 9.72 Å². The van der Waals surface area contributed by atoms with Crippen molar-refractivity contribution in [3.8, 4) is 0 Å². The van der Waals surface area contributed by atoms with E-state index in [1.54, 1.807) is 0 Å². The number of hydrogen-bond acceptors (Lipinski definition) is 3. The minimum atomic E-state index is -0.538. The highest BCUT2D eigenvalue weighted by Gasteiger charge is 2.51. The summed E-state index contributed by atoms with van der Waals surface area (Å²) in [5.41, 5.74) is 3.80. The largest absolute Gasteiger partial charge is 0.465 e. The molecule has 0 amide bonds. The Bertz CT molecular complexity index is 818. The van der Waals surface area contributed by atoms with E-state index in [0.29, 0.717) is 6.61 Å². The van der Waals surface area contributed by atoms with Crippen molar-refractivity contribution in [1.82, 2.24) is 4.98 Å². The van der Waals surface area contributed by atoms with Crippen molar-refractivity contribution in [2.24, 2.45) is 10.4 Å². The van der Waals surface area contributed by atoms with Gasteiger partial charge in [0.15, 0.2) is 0 Å². The van der Waals surface area contributed by atoms with Crippen molar-refractivity contribution in [3.05, 3.63) is 33.9 Å². The molecule has 0 bridgehead atoms. The molecule has 5 heteroatoms. The van der Waals surface area contributed by atoms with Gasteiger partial charge >= 0.3 is 5.97 Å². The fourth-order valence-electron chi connectivity index (χ4n) is 3.77. The Morgan fingerprint density at radius 3 is 2.96 bits per heavy atom. The van der Waals surface area contributed by atoms with E-state index in [0.717, 1.165) is 53.6 Å². The van der Waals surface area contributed by atoms with Gasteiger partial charge in [0.05, 0.1) is 18.0 Å². The number of carbonyl (C=O) groups excluding carboxylic acids is 1. The SMILES string of the molecule is CCOC(=O)C1(C2=NCCc3c2[nH]c2ccc(Br)cc32)CCC1. The highest BCUT2D eigenvalue weighted by atomic mass is 79.9. The third kappa shape index (κ3) is 2.17. The van der Waals surface area contributed by atoms with E-state index in [-0.39, 0.29) is 5.97 Å². The van der Waals surface area contributed by atoms with E-state index in [4.69, 9.17) is 9.73 Å². The molecule has 4 rings (SSSR count). The van der Waals surface area contributed by atoms with Crippen LogP contribution in [0.25, 0.3) is 10.9 Å². The maximum atomic E-state index is 12.6. The van der Waals surface area contributed by atoms with Gasteiger partial charge in [0.2, 0.25) is 0 Å². The summed E-state index contributed by atoms with van der Waals surface area (Å²) in [6.07, 6.45) is 3.64. The molecule has 1 saturated carbocycles. The highest BCUT2D eigenvalue weighted by molar-refractivity contribution is 9.10. The smallest absolute Gasteiger partial charge is 0.318 e. The Hall–Kier alpha value is -1.62. The van der Waals surface area contributed by atoms with Crippen LogP contribution >= 0.6 is 15.9 Å². The van der Waals surface area contributed by atoms with Crippen LogP contribution in [-0.2, 0) is 16.0 Å². The predicted octanol–water partition coefficient (Wildman–Crippen LogP) is 4.01. The molecule has 0 spiro atoms. The molecule has 1 aliphatic heterocycles. The number of esters is 1. The minimum absolute atomic E-state index is 0.113. The Labute approximate surface area is 143 Å². The van der Waals surface area contributed by atoms with Gasteiger partial charge in [0.1, 0.15) is 5.41 Å². The fourth-order valence-corrected chi connectivity index (χ4v) is 4.13. The molecular weight excluding hydrogens is 356 g/mol. The number of halogens is 1. The van der Waals surface area contributed by atoms with Gasteiger partial charge in [0.25, 0.3) is 0 Å². The summed E-state index contributed by atoms with van der Waals surface area (Å²) in [5, 5.41) is 1.22. The zero-order chi connectivity index (χ0) is 16.0. The summed E-state index contributed by atoms with van der Waals surface area (Å²) in [6, 6.07) is 6.25. The van der Waals surface area contributed by atoms with E-state index >= 15 is 0 Å². The summed E-state index contributed by atoms with van der Waals surface area (Å²) in [6.45, 7) is 3.02. The fraction of sp³-hybridized carbons (Fsp3) is 0.444. The zero-order valence-electron chi connectivity index (χ0n) is 13.1. The molecule has 4 nitrogen and oxygen atoms in total. The van der Waals surface area contributed by atoms with Crippen LogP contribution in [0.5, 0.6) is 0 Å². The first kappa shape index (κ1) is 14.9. The molecule has 2 aliphatic rings. The first-order valence-corrected chi connectivity index (χ1v) is 8.97. The number of aliphatic imine (C=N–C) groups is 1. The Morgan fingerprint density at radius 2 is 2.26 bits per heavy atom. The lowest BCUT2D eigenvalue weighted by Crippen LogP contribution is -2.48. The Kier molecular flexibility index (Phi) is 3.56. The van der Waals surface area contributed by atoms with E-state index < -0.39 is 5.41 Å². The number of nitrogens with zero attached hydrogens (tertiary/aromatic N) is 1. The average molecular weight is 375 g/mol. The lowest BCUT2D eigenvalue weighted by atomic mass is 9.64. The number of benzene rings is 1. The molecule has 1 aliphatic carbocycles. The average Bonchev–Trinajstić information content (AvgIpc) is 2.85. The zero-order valence-corrected chi connectivity index (χ0v) is 14.7. The first-order valence-electron chi connectivity index (χ1n) is 8.18. The number of rotatable bonds is 3. The van der Waals surface area contributed by atoms with E-state index in [1.807, 2.05) is 13.0 Å². The molecular formula is C18H19BrN2O2. The van der Waals surface area contributed by atoms with Crippen LogP contribution in [0.4, 0.5) is 0 Å². The van der Waals surface area contributed by atoms with Crippen molar-refractivity contribution < 1.29 is 9.53 Å². The molecule has 2 aromatic rings. The molecule has 1 N–H and O–H groups in total. The topological polar surface area (TPSA) is 54.4 Å². The van der Waals surface area contributed by atoms with Crippen molar-refractivity contribution in [1.29, 1.82) is 0 Å². The van der Waals surface area contributed by atoms with Crippen LogP contribution in [0.15, 0.2) is 27.7 Å². The van der Waals surface area contributed by atoms with Gasteiger partial charge in [-0.15, -0.1) is 0 Å². The Balaban J connectivity index is 1.84. The number of aromatic nitrogens is 1. The second-order valence-electron chi connectivity index (χ2n) is 6.30. The van der Waals surface area contributed by atoms with Gasteiger partial charge in [-0.05, 0) is 49.9 Å². The predicted molar refractivity (Wildman–Crippen MR) is 94.0 cm³/mol. The van der Waals surface area contributed by atoms with Crippen LogP contribution in [-0.4, -0.2) is 29.8 Å². The van der Waals surface area contributed by atoms with E-state index in [2.05, 4.69) is 33.0 Å². The first-order chi connectivity index (χ1) is 11.2. The highest BCUT2D eigenvalue weighted by Crippen LogP contribution is 2.47. The van der Waals surface area contributed by atoms with E-state index in [9.17, 15) is 4.79 Å². The number of hydrogen-bond donors (Lipinski definition) is 1. The normalized spacial score (nSPS) is 19.0. The lowest BCUT2D eigenvalue weighted by molar-refractivity contribution is -0.155. The molecule has 0 unspecified atom stereocenters. The monoisotopic (exact) mass is 374 g/mol. The quantitative estimate of drug-likeness (QED) is 0.825. The summed E-state index contributed by atoms with van der Waals surface area (Å²) < 4.78 is 6.44. The van der Waals surface area contributed by atoms with Crippen molar-refractivity contribution in [2.75, 3.05) is 13.2 Å². The molecule has 1 aromatic carbocycles. The van der Waals surface area contributed by atoms with Crippen LogP contribution in [0.3, 0.4) is 0 Å². The Morgan fingerprint density at radius 1 is 1.43 bits per heavy atom. The molecule has 120 valence electrons. The van der Waals surface area contributed by atoms with Gasteiger partial charge in [-0.3, -0.25) is 9.79 Å². The summed E-state index contributed by atoms with van der Waals surface area (Å²) in [4.78, 5) is 20.9. The van der Waals surface area contributed by atoms with Crippen LogP contribution in [0, 0.1) is 5.41 Å².